The summed E-state index contributed by atoms with van der Waals surface area (Å²) in [6.45, 7) is 0.209. The van der Waals surface area contributed by atoms with E-state index in [1.54, 1.807) is 0 Å². The molecule has 0 bridgehead atoms. The summed E-state index contributed by atoms with van der Waals surface area (Å²) in [4.78, 5) is 49.0. The molecule has 12 heteroatoms. The summed E-state index contributed by atoms with van der Waals surface area (Å²) in [5, 5.41) is 36.5. The molecule has 0 aliphatic heterocycles. The molecule has 1 aromatic carbocycles. The molecule has 1 amide bonds. The van der Waals surface area contributed by atoms with Crippen molar-refractivity contribution in [3.8, 4) is 5.69 Å². The number of carbonyl (C=O) groups is 2. The number of hydrogen-bond acceptors (Lipinski definition) is 7. The third-order valence-corrected chi connectivity index (χ3v) is 6.27. The van der Waals surface area contributed by atoms with Crippen LogP contribution in [-0.4, -0.2) is 59.3 Å². The molecule has 1 aliphatic rings. The number of aliphatic carboxylic acids is 1. The number of hydrogen-bond donors (Lipinski definition) is 4. The van der Waals surface area contributed by atoms with E-state index in [9.17, 15) is 29.4 Å². The summed E-state index contributed by atoms with van der Waals surface area (Å²) in [6, 6.07) is 4.08. The minimum Gasteiger partial charge on any atom is -0.479 e. The Hall–Kier alpha value is -3.02. The Balaban J connectivity index is 1.89. The Labute approximate surface area is 199 Å². The van der Waals surface area contributed by atoms with E-state index in [0.29, 0.717) is 17.4 Å². The molecule has 0 spiro atoms. The Morgan fingerprint density at radius 3 is 2.47 bits per heavy atom. The number of carboxylic acids is 1. The van der Waals surface area contributed by atoms with Crippen LogP contribution in [-0.2, 0) is 11.3 Å². The maximum atomic E-state index is 12.9. The van der Waals surface area contributed by atoms with Gasteiger partial charge in [-0.05, 0) is 38.0 Å². The van der Waals surface area contributed by atoms with Gasteiger partial charge in [0.15, 0.2) is 5.60 Å². The molecule has 11 nitrogen and oxygen atoms in total. The number of aliphatic hydroxyl groups is 2. The Kier molecular flexibility index (Phi) is 7.59. The van der Waals surface area contributed by atoms with Gasteiger partial charge in [0.05, 0.1) is 28.4 Å². The summed E-state index contributed by atoms with van der Waals surface area (Å²) in [7, 11) is 0. The van der Waals surface area contributed by atoms with E-state index >= 15 is 0 Å². The van der Waals surface area contributed by atoms with E-state index < -0.39 is 40.9 Å². The predicted molar refractivity (Wildman–Crippen MR) is 122 cm³/mol. The monoisotopic (exact) mass is 494 g/mol. The zero-order chi connectivity index (χ0) is 25.1. The average Bonchev–Trinajstić information content (AvgIpc) is 3.00. The Bertz CT molecular complexity index is 1200. The van der Waals surface area contributed by atoms with Gasteiger partial charge in [0.2, 0.25) is 0 Å². The minimum absolute atomic E-state index is 0.0281. The van der Waals surface area contributed by atoms with Crippen molar-refractivity contribution >= 4 is 23.5 Å². The zero-order valence-corrected chi connectivity index (χ0v) is 19.4. The highest BCUT2D eigenvalue weighted by atomic mass is 35.5. The van der Waals surface area contributed by atoms with Crippen LogP contribution in [0.1, 0.15) is 55.8 Å². The summed E-state index contributed by atoms with van der Waals surface area (Å²) in [5.74, 6) is -2.16. The van der Waals surface area contributed by atoms with Crippen LogP contribution < -0.4 is 16.6 Å². The second kappa shape index (κ2) is 10.1. The lowest BCUT2D eigenvalue weighted by atomic mass is 9.94. The van der Waals surface area contributed by atoms with E-state index in [4.69, 9.17) is 16.7 Å². The molecule has 34 heavy (non-hydrogen) atoms. The molecular formula is C22H27ClN4O7. The third kappa shape index (κ3) is 5.72. The topological polar surface area (TPSA) is 164 Å². The number of rotatable bonds is 7. The summed E-state index contributed by atoms with van der Waals surface area (Å²) in [5.41, 5.74) is -5.14. The van der Waals surface area contributed by atoms with Crippen LogP contribution in [0.5, 0.6) is 0 Å². The summed E-state index contributed by atoms with van der Waals surface area (Å²) in [6.07, 6.45) is 5.80. The Morgan fingerprint density at radius 2 is 1.85 bits per heavy atom. The molecule has 4 N–H and O–H groups in total. The van der Waals surface area contributed by atoms with Gasteiger partial charge in [-0.3, -0.25) is 14.2 Å². The van der Waals surface area contributed by atoms with Gasteiger partial charge in [0.25, 0.3) is 11.5 Å². The molecule has 3 rings (SSSR count). The van der Waals surface area contributed by atoms with Crippen molar-refractivity contribution in [3.05, 3.63) is 55.8 Å². The quantitative estimate of drug-likeness (QED) is 0.408. The number of amides is 1. The van der Waals surface area contributed by atoms with Crippen LogP contribution in [0.2, 0.25) is 5.02 Å². The molecule has 1 unspecified atom stereocenters. The highest BCUT2D eigenvalue weighted by Gasteiger charge is 2.32. The van der Waals surface area contributed by atoms with E-state index in [0.717, 1.165) is 43.5 Å². The first kappa shape index (κ1) is 25.6. The molecule has 184 valence electrons. The molecule has 1 fully saturated rings. The molecule has 1 aromatic heterocycles. The van der Waals surface area contributed by atoms with Crippen LogP contribution in [0.25, 0.3) is 5.69 Å². The molecule has 0 radical (unpaired) electrons. The van der Waals surface area contributed by atoms with E-state index in [1.165, 1.54) is 18.2 Å². The van der Waals surface area contributed by atoms with E-state index in [2.05, 4.69) is 10.4 Å². The van der Waals surface area contributed by atoms with E-state index in [-0.39, 0.29) is 22.8 Å². The fourth-order valence-electron chi connectivity index (χ4n) is 3.86. The second-order valence-electron chi connectivity index (χ2n) is 8.83. The number of nitrogens with zero attached hydrogens (tertiary/aromatic N) is 3. The van der Waals surface area contributed by atoms with Crippen molar-refractivity contribution in [2.45, 2.75) is 63.2 Å². The molecule has 2 aromatic rings. The molecule has 1 aliphatic carbocycles. The van der Waals surface area contributed by atoms with Crippen LogP contribution in [0.3, 0.4) is 0 Å². The normalized spacial score (nSPS) is 17.4. The minimum atomic E-state index is -2.37. The van der Waals surface area contributed by atoms with Crippen LogP contribution >= 0.6 is 11.6 Å². The fraction of sp³-hybridized carbons (Fsp3) is 0.500. The van der Waals surface area contributed by atoms with Crippen molar-refractivity contribution in [3.63, 3.8) is 0 Å². The molecule has 1 heterocycles. The zero-order valence-electron chi connectivity index (χ0n) is 18.7. The van der Waals surface area contributed by atoms with Crippen molar-refractivity contribution in [1.29, 1.82) is 0 Å². The van der Waals surface area contributed by atoms with Crippen molar-refractivity contribution in [2.24, 2.45) is 0 Å². The van der Waals surface area contributed by atoms with Crippen molar-refractivity contribution < 1.29 is 24.9 Å². The molecular weight excluding hydrogens is 468 g/mol. The van der Waals surface area contributed by atoms with Gasteiger partial charge >= 0.3 is 11.7 Å². The molecule has 0 saturated heterocycles. The number of carboxylic acid groups (broad SMARTS) is 1. The van der Waals surface area contributed by atoms with Crippen LogP contribution in [0.4, 0.5) is 0 Å². The second-order valence-corrected chi connectivity index (χ2v) is 9.23. The SMILES string of the molecule is CC(O)(Cn1c(=O)cnn(-c2ccc(Cl)c(C(=O)NCC3(O)CCCCCC3)c2)c1=O)C(=O)O. The van der Waals surface area contributed by atoms with Gasteiger partial charge in [-0.2, -0.15) is 9.78 Å². The van der Waals surface area contributed by atoms with Gasteiger partial charge in [-0.25, -0.2) is 9.59 Å². The van der Waals surface area contributed by atoms with Gasteiger partial charge in [0, 0.05) is 6.54 Å². The molecule has 1 atom stereocenters. The van der Waals surface area contributed by atoms with E-state index in [1.807, 2.05) is 0 Å². The predicted octanol–water partition coefficient (Wildman–Crippen LogP) is 0.698. The van der Waals surface area contributed by atoms with Crippen molar-refractivity contribution in [2.75, 3.05) is 6.54 Å². The van der Waals surface area contributed by atoms with Gasteiger partial charge < -0.3 is 20.6 Å². The highest BCUT2D eigenvalue weighted by Crippen LogP contribution is 2.27. The molecule has 1 saturated carbocycles. The first-order valence-corrected chi connectivity index (χ1v) is 11.3. The Morgan fingerprint density at radius 1 is 1.21 bits per heavy atom. The fourth-order valence-corrected chi connectivity index (χ4v) is 4.06. The summed E-state index contributed by atoms with van der Waals surface area (Å²) >= 11 is 6.19. The highest BCUT2D eigenvalue weighted by molar-refractivity contribution is 6.33. The van der Waals surface area contributed by atoms with Crippen LogP contribution in [0, 0.1) is 0 Å². The number of halogens is 1. The van der Waals surface area contributed by atoms with Gasteiger partial charge in [-0.1, -0.05) is 37.3 Å². The van der Waals surface area contributed by atoms with Gasteiger partial charge in [-0.15, -0.1) is 0 Å². The lowest BCUT2D eigenvalue weighted by molar-refractivity contribution is -0.158. The third-order valence-electron chi connectivity index (χ3n) is 5.94. The standard InChI is InChI=1S/C22H27ClN4O7/c1-21(33,19(30)31)13-26-17(28)11-25-27(20(26)32)14-6-7-16(23)15(10-14)18(29)24-12-22(34)8-4-2-3-5-9-22/h6-7,10-11,33-34H,2-5,8-9,12-13H2,1H3,(H,24,29)(H,30,31). The van der Waals surface area contributed by atoms with Crippen LogP contribution in [0.15, 0.2) is 34.0 Å². The summed E-state index contributed by atoms with van der Waals surface area (Å²) < 4.78 is 1.34. The maximum absolute atomic E-state index is 12.9. The maximum Gasteiger partial charge on any atom is 0.352 e. The van der Waals surface area contributed by atoms with Crippen molar-refractivity contribution in [1.82, 2.24) is 19.7 Å². The lowest BCUT2D eigenvalue weighted by Crippen LogP contribution is -2.49. The first-order chi connectivity index (χ1) is 15.9. The lowest BCUT2D eigenvalue weighted by Gasteiger charge is -2.27. The smallest absolute Gasteiger partial charge is 0.352 e. The number of nitrogens with one attached hydrogen (secondary N) is 1. The first-order valence-electron chi connectivity index (χ1n) is 10.9. The average molecular weight is 495 g/mol. The largest absolute Gasteiger partial charge is 0.479 e. The van der Waals surface area contributed by atoms with Gasteiger partial charge in [0.1, 0.15) is 6.20 Å². The number of aromatic nitrogens is 3. The number of benzene rings is 1. The number of carbonyl (C=O) groups excluding carboxylic acids is 1.